The molecule has 1 aromatic heterocycles. The summed E-state index contributed by atoms with van der Waals surface area (Å²) >= 11 is 0. The van der Waals surface area contributed by atoms with Crippen molar-refractivity contribution in [3.05, 3.63) is 18.0 Å². The maximum absolute atomic E-state index is 12.2. The Balaban J connectivity index is 1.87. The summed E-state index contributed by atoms with van der Waals surface area (Å²) in [5, 5.41) is 6.99. The second-order valence-electron chi connectivity index (χ2n) is 5.56. The molecular weight excluding hydrogens is 272 g/mol. The predicted octanol–water partition coefficient (Wildman–Crippen LogP) is -0.114. The van der Waals surface area contributed by atoms with Crippen LogP contribution in [0.1, 0.15) is 16.8 Å². The fraction of sp³-hybridized carbons (Fsp3) is 0.714. The fourth-order valence-electron chi connectivity index (χ4n) is 2.23. The number of carbonyl (C=O) groups is 1. The summed E-state index contributed by atoms with van der Waals surface area (Å²) in [6.45, 7) is 2.67. The molecule has 1 aliphatic heterocycles. The van der Waals surface area contributed by atoms with Crippen LogP contribution in [-0.4, -0.2) is 73.2 Å². The molecule has 1 fully saturated rings. The highest BCUT2D eigenvalue weighted by molar-refractivity contribution is 5.93. The smallest absolute Gasteiger partial charge is 0.254 e. The molecule has 7 nitrogen and oxygen atoms in total. The molecule has 1 N–H and O–H groups in total. The number of aromatic nitrogens is 2. The van der Waals surface area contributed by atoms with E-state index in [9.17, 15) is 4.79 Å². The Bertz CT molecular complexity index is 461. The Hall–Kier alpha value is -1.44. The first-order valence-corrected chi connectivity index (χ1v) is 7.20. The number of ether oxygens (including phenoxy) is 2. The lowest BCUT2D eigenvalue weighted by Crippen LogP contribution is -2.51. The quantitative estimate of drug-likeness (QED) is 0.793. The van der Waals surface area contributed by atoms with Gasteiger partial charge in [0.15, 0.2) is 0 Å². The van der Waals surface area contributed by atoms with E-state index in [0.717, 1.165) is 13.0 Å². The zero-order valence-electron chi connectivity index (χ0n) is 12.9. The maximum Gasteiger partial charge on any atom is 0.254 e. The lowest BCUT2D eigenvalue weighted by atomic mass is 10.1. The Labute approximate surface area is 125 Å². The number of aryl methyl sites for hydroxylation is 1. The highest BCUT2D eigenvalue weighted by Crippen LogP contribution is 2.13. The van der Waals surface area contributed by atoms with Gasteiger partial charge in [0.25, 0.3) is 5.91 Å². The van der Waals surface area contributed by atoms with E-state index in [1.54, 1.807) is 24.1 Å². The van der Waals surface area contributed by atoms with E-state index in [0.29, 0.717) is 25.4 Å². The molecule has 0 bridgehead atoms. The Morgan fingerprint density at radius 3 is 3.10 bits per heavy atom. The lowest BCUT2D eigenvalue weighted by molar-refractivity contribution is -0.0561. The van der Waals surface area contributed by atoms with Gasteiger partial charge in [0.05, 0.1) is 37.1 Å². The Kier molecular flexibility index (Phi) is 5.72. The molecule has 1 amide bonds. The minimum atomic E-state index is -0.139. The van der Waals surface area contributed by atoms with Crippen molar-refractivity contribution in [2.75, 3.05) is 40.5 Å². The number of amides is 1. The monoisotopic (exact) mass is 296 g/mol. The third-order valence-electron chi connectivity index (χ3n) is 3.45. The van der Waals surface area contributed by atoms with Crippen LogP contribution in [0.15, 0.2) is 12.4 Å². The highest BCUT2D eigenvalue weighted by Gasteiger charge is 2.28. The summed E-state index contributed by atoms with van der Waals surface area (Å²) in [5.74, 6) is -0.139. The zero-order chi connectivity index (χ0) is 15.2. The van der Waals surface area contributed by atoms with Gasteiger partial charge in [-0.3, -0.25) is 9.48 Å². The largest absolute Gasteiger partial charge is 0.379 e. The van der Waals surface area contributed by atoms with Crippen LogP contribution in [0.25, 0.3) is 0 Å². The summed E-state index contributed by atoms with van der Waals surface area (Å²) < 4.78 is 13.0. The van der Waals surface area contributed by atoms with Gasteiger partial charge in [-0.15, -0.1) is 0 Å². The third kappa shape index (κ3) is 4.80. The van der Waals surface area contributed by atoms with Crippen molar-refractivity contribution >= 4 is 5.91 Å². The molecule has 1 aromatic rings. The van der Waals surface area contributed by atoms with E-state index in [-0.39, 0.29) is 18.1 Å². The van der Waals surface area contributed by atoms with Gasteiger partial charge in [0.1, 0.15) is 0 Å². The summed E-state index contributed by atoms with van der Waals surface area (Å²) in [5.41, 5.74) is 0.551. The molecule has 0 radical (unpaired) electrons. The Morgan fingerprint density at radius 2 is 2.43 bits per heavy atom. The standard InChI is InChI=1S/C14H24N4O3/c1-17(2)5-7-21-13-4-6-20-10-12(13)16-14(19)11-8-15-18(3)9-11/h8-9,12-13H,4-7,10H2,1-3H3,(H,16,19)/t12-,13+/m1/s1. The van der Waals surface area contributed by atoms with Crippen molar-refractivity contribution in [2.24, 2.45) is 7.05 Å². The number of rotatable bonds is 6. The maximum atomic E-state index is 12.2. The number of carbonyl (C=O) groups excluding carboxylic acids is 1. The number of likely N-dealkylation sites (N-methyl/N-ethyl adjacent to an activating group) is 1. The van der Waals surface area contributed by atoms with Gasteiger partial charge in [-0.1, -0.05) is 0 Å². The van der Waals surface area contributed by atoms with Gasteiger partial charge in [-0.25, -0.2) is 0 Å². The molecule has 7 heteroatoms. The molecule has 0 unspecified atom stereocenters. The molecule has 0 saturated carbocycles. The minimum Gasteiger partial charge on any atom is -0.379 e. The number of nitrogens with one attached hydrogen (secondary N) is 1. The molecular formula is C14H24N4O3. The van der Waals surface area contributed by atoms with Gasteiger partial charge in [0.2, 0.25) is 0 Å². The second-order valence-corrected chi connectivity index (χ2v) is 5.56. The molecule has 21 heavy (non-hydrogen) atoms. The van der Waals surface area contributed by atoms with Crippen LogP contribution in [0.5, 0.6) is 0 Å². The minimum absolute atomic E-state index is 0.000628. The molecule has 118 valence electrons. The van der Waals surface area contributed by atoms with Crippen molar-refractivity contribution in [3.63, 3.8) is 0 Å². The summed E-state index contributed by atoms with van der Waals surface area (Å²) in [7, 11) is 5.80. The molecule has 1 saturated heterocycles. The van der Waals surface area contributed by atoms with Crippen molar-refractivity contribution < 1.29 is 14.3 Å². The van der Waals surface area contributed by atoms with Crippen molar-refractivity contribution in [2.45, 2.75) is 18.6 Å². The second kappa shape index (κ2) is 7.53. The first-order chi connectivity index (χ1) is 10.1. The average Bonchev–Trinajstić information content (AvgIpc) is 2.87. The predicted molar refractivity (Wildman–Crippen MR) is 78.2 cm³/mol. The van der Waals surface area contributed by atoms with Crippen molar-refractivity contribution in [1.82, 2.24) is 20.0 Å². The van der Waals surface area contributed by atoms with Crippen LogP contribution < -0.4 is 5.32 Å². The molecule has 0 aliphatic carbocycles. The van der Waals surface area contributed by atoms with Crippen LogP contribution in [0.4, 0.5) is 0 Å². The van der Waals surface area contributed by atoms with Gasteiger partial charge < -0.3 is 19.7 Å². The van der Waals surface area contributed by atoms with Gasteiger partial charge in [-0.2, -0.15) is 5.10 Å². The van der Waals surface area contributed by atoms with Gasteiger partial charge in [0, 0.05) is 26.4 Å². The molecule has 1 aliphatic rings. The number of hydrogen-bond acceptors (Lipinski definition) is 5. The van der Waals surface area contributed by atoms with E-state index >= 15 is 0 Å². The van der Waals surface area contributed by atoms with E-state index in [2.05, 4.69) is 15.3 Å². The zero-order valence-corrected chi connectivity index (χ0v) is 12.9. The lowest BCUT2D eigenvalue weighted by Gasteiger charge is -2.32. The van der Waals surface area contributed by atoms with Gasteiger partial charge >= 0.3 is 0 Å². The summed E-state index contributed by atoms with van der Waals surface area (Å²) in [6, 6.07) is -0.117. The van der Waals surface area contributed by atoms with Crippen LogP contribution in [0.3, 0.4) is 0 Å². The molecule has 2 rings (SSSR count). The number of hydrogen-bond donors (Lipinski definition) is 1. The van der Waals surface area contributed by atoms with Crippen LogP contribution in [-0.2, 0) is 16.5 Å². The number of nitrogens with zero attached hydrogens (tertiary/aromatic N) is 3. The van der Waals surface area contributed by atoms with E-state index in [4.69, 9.17) is 9.47 Å². The molecule has 0 spiro atoms. The van der Waals surface area contributed by atoms with Gasteiger partial charge in [-0.05, 0) is 20.5 Å². The van der Waals surface area contributed by atoms with Crippen molar-refractivity contribution in [1.29, 1.82) is 0 Å². The summed E-state index contributed by atoms with van der Waals surface area (Å²) in [4.78, 5) is 14.2. The van der Waals surface area contributed by atoms with E-state index in [1.807, 2.05) is 14.1 Å². The highest BCUT2D eigenvalue weighted by atomic mass is 16.5. The van der Waals surface area contributed by atoms with Crippen molar-refractivity contribution in [3.8, 4) is 0 Å². The SMILES string of the molecule is CN(C)CCO[C@H]1CCOC[C@H]1NC(=O)c1cnn(C)c1. The first-order valence-electron chi connectivity index (χ1n) is 7.20. The van der Waals surface area contributed by atoms with Crippen LogP contribution >= 0.6 is 0 Å². The first kappa shape index (κ1) is 15.9. The van der Waals surface area contributed by atoms with Crippen LogP contribution in [0.2, 0.25) is 0 Å². The fourth-order valence-corrected chi connectivity index (χ4v) is 2.23. The summed E-state index contributed by atoms with van der Waals surface area (Å²) in [6.07, 6.45) is 4.05. The van der Waals surface area contributed by atoms with E-state index < -0.39 is 0 Å². The third-order valence-corrected chi connectivity index (χ3v) is 3.45. The van der Waals surface area contributed by atoms with Crippen LogP contribution in [0, 0.1) is 0 Å². The van der Waals surface area contributed by atoms with E-state index in [1.165, 1.54) is 0 Å². The Morgan fingerprint density at radius 1 is 1.62 bits per heavy atom. The average molecular weight is 296 g/mol. The topological polar surface area (TPSA) is 68.6 Å². The molecule has 2 heterocycles. The molecule has 0 aromatic carbocycles. The normalized spacial score (nSPS) is 22.5. The molecule has 2 atom stereocenters.